The van der Waals surface area contributed by atoms with Crippen LogP contribution in [0.5, 0.6) is 0 Å². The monoisotopic (exact) mass is 354 g/mol. The van der Waals surface area contributed by atoms with Gasteiger partial charge < -0.3 is 0 Å². The van der Waals surface area contributed by atoms with E-state index in [-0.39, 0.29) is 10.8 Å². The largest absolute Gasteiger partial charge is 0.0773 e. The molecule has 0 unspecified atom stereocenters. The predicted molar refractivity (Wildman–Crippen MR) is 114 cm³/mol. The lowest BCUT2D eigenvalue weighted by Gasteiger charge is -2.46. The van der Waals surface area contributed by atoms with Gasteiger partial charge in [0.25, 0.3) is 0 Å². The number of benzene rings is 2. The molecule has 0 spiro atoms. The van der Waals surface area contributed by atoms with Crippen molar-refractivity contribution in [3.63, 3.8) is 0 Å². The summed E-state index contributed by atoms with van der Waals surface area (Å²) in [6.07, 6.45) is 11.3. The maximum absolute atomic E-state index is 2.60. The fourth-order valence-electron chi connectivity index (χ4n) is 6.26. The summed E-state index contributed by atoms with van der Waals surface area (Å²) >= 11 is 0. The molecule has 138 valence electrons. The van der Waals surface area contributed by atoms with Gasteiger partial charge in [-0.2, -0.15) is 0 Å². The summed E-state index contributed by atoms with van der Waals surface area (Å²) in [5.74, 6) is 0.800. The highest BCUT2D eigenvalue weighted by Gasteiger charge is 2.48. The van der Waals surface area contributed by atoms with E-state index in [1.807, 2.05) is 0 Å². The molecule has 27 heavy (non-hydrogen) atoms. The minimum Gasteiger partial charge on any atom is -0.0773 e. The van der Waals surface area contributed by atoms with Gasteiger partial charge in [-0.1, -0.05) is 91.2 Å². The number of rotatable bonds is 2. The zero-order valence-electron chi connectivity index (χ0n) is 16.9. The fourth-order valence-corrected chi connectivity index (χ4v) is 6.26. The molecule has 2 aromatic rings. The Hall–Kier alpha value is -2.08. The summed E-state index contributed by atoms with van der Waals surface area (Å²) in [6, 6.07) is 18.3. The predicted octanol–water partition coefficient (Wildman–Crippen LogP) is 6.72. The third-order valence-electron chi connectivity index (χ3n) is 7.36. The number of allylic oxidation sites excluding steroid dienone is 4. The molecule has 3 aliphatic carbocycles. The van der Waals surface area contributed by atoms with Gasteiger partial charge in [-0.15, -0.1) is 0 Å². The Morgan fingerprint density at radius 1 is 0.963 bits per heavy atom. The van der Waals surface area contributed by atoms with Gasteiger partial charge in [-0.3, -0.25) is 0 Å². The number of fused-ring (bicyclic) bond motifs is 4. The molecule has 5 rings (SSSR count). The molecule has 0 bridgehead atoms. The summed E-state index contributed by atoms with van der Waals surface area (Å²) in [6.45, 7) is 7.14. The third-order valence-corrected chi connectivity index (χ3v) is 7.36. The van der Waals surface area contributed by atoms with Crippen molar-refractivity contribution in [3.8, 4) is 0 Å². The molecule has 0 radical (unpaired) electrons. The zero-order chi connectivity index (χ0) is 18.6. The van der Waals surface area contributed by atoms with Gasteiger partial charge in [0.15, 0.2) is 0 Å². The highest BCUT2D eigenvalue weighted by molar-refractivity contribution is 5.58. The average molecular weight is 355 g/mol. The van der Waals surface area contributed by atoms with Crippen LogP contribution in [0, 0.1) is 18.3 Å². The smallest absolute Gasteiger partial charge is 0.0387 e. The SMILES string of the molecule is Cc1ccc2c(c1)CCC1=C3C[C@@H](C)C[C@@]3(C)C=C[C@]12Cc1ccccc1. The van der Waals surface area contributed by atoms with Crippen LogP contribution >= 0.6 is 0 Å². The van der Waals surface area contributed by atoms with Crippen molar-refractivity contribution in [2.75, 3.05) is 0 Å². The molecule has 0 aliphatic heterocycles. The summed E-state index contributed by atoms with van der Waals surface area (Å²) < 4.78 is 0. The first-order valence-electron chi connectivity index (χ1n) is 10.6. The second-order valence-electron chi connectivity index (χ2n) is 9.52. The van der Waals surface area contributed by atoms with E-state index in [1.54, 1.807) is 22.3 Å². The molecule has 0 nitrogen and oxygen atoms in total. The maximum atomic E-state index is 2.60. The molecule has 0 heteroatoms. The van der Waals surface area contributed by atoms with Crippen LogP contribution < -0.4 is 0 Å². The van der Waals surface area contributed by atoms with Gasteiger partial charge in [-0.25, -0.2) is 0 Å². The summed E-state index contributed by atoms with van der Waals surface area (Å²) in [7, 11) is 0. The van der Waals surface area contributed by atoms with Crippen molar-refractivity contribution in [1.29, 1.82) is 0 Å². The van der Waals surface area contributed by atoms with E-state index in [4.69, 9.17) is 0 Å². The van der Waals surface area contributed by atoms with Crippen LogP contribution in [0.25, 0.3) is 0 Å². The molecular formula is C27H30. The van der Waals surface area contributed by atoms with Crippen LogP contribution in [0.15, 0.2) is 71.8 Å². The van der Waals surface area contributed by atoms with Crippen molar-refractivity contribution in [2.24, 2.45) is 11.3 Å². The van der Waals surface area contributed by atoms with Crippen molar-refractivity contribution >= 4 is 0 Å². The molecule has 1 fully saturated rings. The normalized spacial score (nSPS) is 31.4. The first-order chi connectivity index (χ1) is 13.0. The lowest BCUT2D eigenvalue weighted by molar-refractivity contribution is 0.435. The van der Waals surface area contributed by atoms with Crippen LogP contribution in [0.3, 0.4) is 0 Å². The second kappa shape index (κ2) is 5.96. The zero-order valence-corrected chi connectivity index (χ0v) is 16.9. The van der Waals surface area contributed by atoms with Crippen LogP contribution in [0.2, 0.25) is 0 Å². The summed E-state index contributed by atoms with van der Waals surface area (Å²) in [5, 5.41) is 0. The Morgan fingerprint density at radius 2 is 1.78 bits per heavy atom. The van der Waals surface area contributed by atoms with E-state index in [0.29, 0.717) is 0 Å². The van der Waals surface area contributed by atoms with Crippen LogP contribution in [-0.4, -0.2) is 0 Å². The quantitative estimate of drug-likeness (QED) is 0.525. The van der Waals surface area contributed by atoms with E-state index < -0.39 is 0 Å². The minimum atomic E-state index is 0.0571. The van der Waals surface area contributed by atoms with Crippen molar-refractivity contribution in [2.45, 2.75) is 58.3 Å². The van der Waals surface area contributed by atoms with E-state index in [0.717, 1.165) is 12.3 Å². The molecular weight excluding hydrogens is 324 g/mol. The lowest BCUT2D eigenvalue weighted by atomic mass is 9.57. The Labute approximate surface area is 164 Å². The van der Waals surface area contributed by atoms with Gasteiger partial charge in [0.1, 0.15) is 0 Å². The molecule has 0 saturated heterocycles. The van der Waals surface area contributed by atoms with Crippen LogP contribution in [0.1, 0.15) is 55.4 Å². The molecule has 1 saturated carbocycles. The van der Waals surface area contributed by atoms with Crippen LogP contribution in [0.4, 0.5) is 0 Å². The van der Waals surface area contributed by atoms with Crippen molar-refractivity contribution in [3.05, 3.63) is 94.1 Å². The average Bonchev–Trinajstić information content (AvgIpc) is 2.96. The van der Waals surface area contributed by atoms with Crippen molar-refractivity contribution < 1.29 is 0 Å². The molecule has 3 aliphatic rings. The highest BCUT2D eigenvalue weighted by Crippen LogP contribution is 2.58. The summed E-state index contributed by atoms with van der Waals surface area (Å²) in [4.78, 5) is 0. The van der Waals surface area contributed by atoms with Crippen LogP contribution in [-0.2, 0) is 18.3 Å². The molecule has 2 aromatic carbocycles. The van der Waals surface area contributed by atoms with E-state index >= 15 is 0 Å². The van der Waals surface area contributed by atoms with Gasteiger partial charge in [0, 0.05) is 10.8 Å². The highest BCUT2D eigenvalue weighted by atomic mass is 14.5. The van der Waals surface area contributed by atoms with Gasteiger partial charge in [0.05, 0.1) is 0 Å². The first-order valence-corrected chi connectivity index (χ1v) is 10.6. The van der Waals surface area contributed by atoms with Gasteiger partial charge in [-0.05, 0) is 61.6 Å². The molecule has 0 amide bonds. The molecule has 3 atom stereocenters. The minimum absolute atomic E-state index is 0.0571. The van der Waals surface area contributed by atoms with Gasteiger partial charge >= 0.3 is 0 Å². The Bertz CT molecular complexity index is 945. The van der Waals surface area contributed by atoms with E-state index in [2.05, 4.69) is 81.5 Å². The molecule has 0 N–H and O–H groups in total. The number of hydrogen-bond donors (Lipinski definition) is 0. The number of hydrogen-bond acceptors (Lipinski definition) is 0. The lowest BCUT2D eigenvalue weighted by Crippen LogP contribution is -2.39. The fraction of sp³-hybridized carbons (Fsp3) is 0.407. The Morgan fingerprint density at radius 3 is 2.59 bits per heavy atom. The third kappa shape index (κ3) is 2.57. The van der Waals surface area contributed by atoms with Gasteiger partial charge in [0.2, 0.25) is 0 Å². The summed E-state index contributed by atoms with van der Waals surface area (Å²) in [5.41, 5.74) is 9.82. The second-order valence-corrected chi connectivity index (χ2v) is 9.52. The molecule has 0 heterocycles. The van der Waals surface area contributed by atoms with E-state index in [9.17, 15) is 0 Å². The Balaban J connectivity index is 1.74. The van der Waals surface area contributed by atoms with Crippen molar-refractivity contribution in [1.82, 2.24) is 0 Å². The molecule has 0 aromatic heterocycles. The maximum Gasteiger partial charge on any atom is 0.0387 e. The van der Waals surface area contributed by atoms with E-state index in [1.165, 1.54) is 36.8 Å². The standard InChI is InChI=1S/C27H30/c1-19-9-11-23-22(15-19)10-12-24-25-16-20(2)17-26(25,3)13-14-27(23,24)18-21-7-5-4-6-8-21/h4-9,11,13-15,20H,10,12,16-18H2,1-3H3/t20-,26-,27-/m1/s1. The topological polar surface area (TPSA) is 0 Å². The first kappa shape index (κ1) is 17.0. The number of aryl methyl sites for hydroxylation is 2. The Kier molecular flexibility index (Phi) is 3.76.